The van der Waals surface area contributed by atoms with Crippen LogP contribution in [0.2, 0.25) is 0 Å². The van der Waals surface area contributed by atoms with Crippen LogP contribution in [0.1, 0.15) is 19.4 Å². The van der Waals surface area contributed by atoms with E-state index in [2.05, 4.69) is 11.8 Å². The van der Waals surface area contributed by atoms with E-state index in [4.69, 9.17) is 4.74 Å². The van der Waals surface area contributed by atoms with Gasteiger partial charge in [0, 0.05) is 17.2 Å². The van der Waals surface area contributed by atoms with Crippen molar-refractivity contribution < 1.29 is 9.53 Å². The Morgan fingerprint density at radius 1 is 1.38 bits per heavy atom. The quantitative estimate of drug-likeness (QED) is 0.429. The van der Waals surface area contributed by atoms with Crippen LogP contribution < -0.4 is 0 Å². The van der Waals surface area contributed by atoms with Crippen LogP contribution in [-0.2, 0) is 9.53 Å². The van der Waals surface area contributed by atoms with Crippen LogP contribution in [-0.4, -0.2) is 12.6 Å². The van der Waals surface area contributed by atoms with E-state index in [-0.39, 0.29) is 5.97 Å². The molecule has 0 unspecified atom stereocenters. The highest BCUT2D eigenvalue weighted by molar-refractivity contribution is 5.83. The molecule has 2 nitrogen and oxygen atoms in total. The standard InChI is InChI=1S/C14H14O2/c1-3-16-14(15)11-12(2)9-10-13-7-5-4-6-8-13/h4-8,11H,3H2,1-2H3/b12-11-. The molecular weight excluding hydrogens is 200 g/mol. The van der Waals surface area contributed by atoms with Gasteiger partial charge in [0.1, 0.15) is 0 Å². The second kappa shape index (κ2) is 6.47. The van der Waals surface area contributed by atoms with Gasteiger partial charge < -0.3 is 4.74 Å². The number of hydrogen-bond donors (Lipinski definition) is 0. The normalized spacial score (nSPS) is 10.2. The Labute approximate surface area is 95.9 Å². The molecule has 0 aliphatic rings. The van der Waals surface area contributed by atoms with Crippen molar-refractivity contribution in [2.24, 2.45) is 0 Å². The summed E-state index contributed by atoms with van der Waals surface area (Å²) in [5, 5.41) is 0. The molecular formula is C14H14O2. The number of benzene rings is 1. The first kappa shape index (κ1) is 12.1. The van der Waals surface area contributed by atoms with Gasteiger partial charge in [-0.2, -0.15) is 0 Å². The summed E-state index contributed by atoms with van der Waals surface area (Å²) in [7, 11) is 0. The Morgan fingerprint density at radius 3 is 2.69 bits per heavy atom. The van der Waals surface area contributed by atoms with Crippen LogP contribution in [0.5, 0.6) is 0 Å². The molecule has 0 bridgehead atoms. The summed E-state index contributed by atoms with van der Waals surface area (Å²) in [5.41, 5.74) is 1.63. The fourth-order valence-electron chi connectivity index (χ4n) is 1.09. The van der Waals surface area contributed by atoms with Crippen LogP contribution in [0.15, 0.2) is 42.0 Å². The third kappa shape index (κ3) is 4.47. The molecule has 0 saturated carbocycles. The minimum Gasteiger partial charge on any atom is -0.463 e. The molecule has 0 atom stereocenters. The lowest BCUT2D eigenvalue weighted by molar-refractivity contribution is -0.137. The molecule has 1 aromatic rings. The van der Waals surface area contributed by atoms with E-state index in [0.717, 1.165) is 5.56 Å². The molecule has 0 spiro atoms. The molecule has 1 aromatic carbocycles. The zero-order valence-corrected chi connectivity index (χ0v) is 9.49. The summed E-state index contributed by atoms with van der Waals surface area (Å²) in [6, 6.07) is 9.63. The van der Waals surface area contributed by atoms with Crippen LogP contribution in [0.25, 0.3) is 0 Å². The highest BCUT2D eigenvalue weighted by Gasteiger charge is 1.94. The van der Waals surface area contributed by atoms with Crippen molar-refractivity contribution in [1.29, 1.82) is 0 Å². The fraction of sp³-hybridized carbons (Fsp3) is 0.214. The van der Waals surface area contributed by atoms with E-state index in [1.54, 1.807) is 13.8 Å². The number of esters is 1. The monoisotopic (exact) mass is 214 g/mol. The third-order valence-electron chi connectivity index (χ3n) is 1.80. The molecule has 2 heteroatoms. The second-order valence-electron chi connectivity index (χ2n) is 3.20. The molecule has 0 aliphatic carbocycles. The zero-order chi connectivity index (χ0) is 11.8. The SMILES string of the molecule is CCOC(=O)/C=C(/C)C#Cc1ccccc1. The van der Waals surface area contributed by atoms with E-state index >= 15 is 0 Å². The average molecular weight is 214 g/mol. The van der Waals surface area contributed by atoms with Gasteiger partial charge in [0.2, 0.25) is 0 Å². The van der Waals surface area contributed by atoms with E-state index in [1.165, 1.54) is 6.08 Å². The predicted molar refractivity (Wildman–Crippen MR) is 63.7 cm³/mol. The number of carbonyl (C=O) groups is 1. The molecule has 0 fully saturated rings. The summed E-state index contributed by atoms with van der Waals surface area (Å²) in [6.07, 6.45) is 1.40. The highest BCUT2D eigenvalue weighted by Crippen LogP contribution is 1.97. The van der Waals surface area contributed by atoms with Crippen molar-refractivity contribution in [2.45, 2.75) is 13.8 Å². The molecule has 0 saturated heterocycles. The third-order valence-corrected chi connectivity index (χ3v) is 1.80. The molecule has 0 aromatic heterocycles. The van der Waals surface area contributed by atoms with E-state index in [1.807, 2.05) is 30.3 Å². The van der Waals surface area contributed by atoms with Crippen LogP contribution >= 0.6 is 0 Å². The van der Waals surface area contributed by atoms with Crippen molar-refractivity contribution in [1.82, 2.24) is 0 Å². The molecule has 0 N–H and O–H groups in total. The van der Waals surface area contributed by atoms with Gasteiger partial charge in [-0.05, 0) is 26.0 Å². The molecule has 82 valence electrons. The van der Waals surface area contributed by atoms with Crippen LogP contribution in [0.3, 0.4) is 0 Å². The van der Waals surface area contributed by atoms with Crippen molar-refractivity contribution in [3.8, 4) is 11.8 Å². The summed E-state index contributed by atoms with van der Waals surface area (Å²) >= 11 is 0. The minimum absolute atomic E-state index is 0.345. The fourth-order valence-corrected chi connectivity index (χ4v) is 1.09. The summed E-state index contributed by atoms with van der Waals surface area (Å²) in [5.74, 6) is 5.52. The van der Waals surface area contributed by atoms with Crippen molar-refractivity contribution >= 4 is 5.97 Å². The van der Waals surface area contributed by atoms with Gasteiger partial charge in [-0.15, -0.1) is 0 Å². The van der Waals surface area contributed by atoms with Gasteiger partial charge in [0.25, 0.3) is 0 Å². The number of rotatable bonds is 2. The molecule has 0 radical (unpaired) electrons. The molecule has 16 heavy (non-hydrogen) atoms. The Bertz CT molecular complexity index is 433. The van der Waals surface area contributed by atoms with Gasteiger partial charge in [-0.25, -0.2) is 4.79 Å². The Balaban J connectivity index is 2.68. The maximum Gasteiger partial charge on any atom is 0.331 e. The zero-order valence-electron chi connectivity index (χ0n) is 9.49. The maximum atomic E-state index is 11.1. The topological polar surface area (TPSA) is 26.3 Å². The second-order valence-corrected chi connectivity index (χ2v) is 3.20. The lowest BCUT2D eigenvalue weighted by Gasteiger charge is -1.94. The minimum atomic E-state index is -0.345. The molecule has 0 aliphatic heterocycles. The largest absolute Gasteiger partial charge is 0.463 e. The maximum absolute atomic E-state index is 11.1. The van der Waals surface area contributed by atoms with Crippen LogP contribution in [0, 0.1) is 11.8 Å². The van der Waals surface area contributed by atoms with Gasteiger partial charge in [-0.1, -0.05) is 30.0 Å². The van der Waals surface area contributed by atoms with Crippen molar-refractivity contribution in [3.05, 3.63) is 47.5 Å². The number of hydrogen-bond acceptors (Lipinski definition) is 2. The molecule has 1 rings (SSSR count). The molecule has 0 amide bonds. The van der Waals surface area contributed by atoms with Gasteiger partial charge >= 0.3 is 5.97 Å². The Hall–Kier alpha value is -2.01. The van der Waals surface area contributed by atoms with Gasteiger partial charge in [-0.3, -0.25) is 0 Å². The van der Waals surface area contributed by atoms with Crippen molar-refractivity contribution in [2.75, 3.05) is 6.61 Å². The first-order valence-electron chi connectivity index (χ1n) is 5.14. The van der Waals surface area contributed by atoms with Crippen LogP contribution in [0.4, 0.5) is 0 Å². The number of ether oxygens (including phenoxy) is 1. The van der Waals surface area contributed by atoms with E-state index in [9.17, 15) is 4.79 Å². The summed E-state index contributed by atoms with van der Waals surface area (Å²) in [4.78, 5) is 11.1. The smallest absolute Gasteiger partial charge is 0.331 e. The summed E-state index contributed by atoms with van der Waals surface area (Å²) < 4.78 is 4.78. The Kier molecular flexibility index (Phi) is 4.88. The lowest BCUT2D eigenvalue weighted by Crippen LogP contribution is -1.99. The summed E-state index contributed by atoms with van der Waals surface area (Å²) in [6.45, 7) is 3.94. The Morgan fingerprint density at radius 2 is 2.06 bits per heavy atom. The van der Waals surface area contributed by atoms with Gasteiger partial charge in [0.05, 0.1) is 6.61 Å². The number of carbonyl (C=O) groups excluding carboxylic acids is 1. The first-order valence-corrected chi connectivity index (χ1v) is 5.14. The average Bonchev–Trinajstić information content (AvgIpc) is 2.28. The predicted octanol–water partition coefficient (Wildman–Crippen LogP) is 2.55. The lowest BCUT2D eigenvalue weighted by atomic mass is 10.2. The van der Waals surface area contributed by atoms with Crippen molar-refractivity contribution in [3.63, 3.8) is 0 Å². The molecule has 0 heterocycles. The van der Waals surface area contributed by atoms with Gasteiger partial charge in [0.15, 0.2) is 0 Å². The van der Waals surface area contributed by atoms with E-state index in [0.29, 0.717) is 12.2 Å². The first-order chi connectivity index (χ1) is 7.72. The van der Waals surface area contributed by atoms with E-state index < -0.39 is 0 Å². The highest BCUT2D eigenvalue weighted by atomic mass is 16.5. The number of allylic oxidation sites excluding steroid dienone is 1.